The van der Waals surface area contributed by atoms with Gasteiger partial charge >= 0.3 is 0 Å². The number of rotatable bonds is 6. The van der Waals surface area contributed by atoms with Gasteiger partial charge in [0.2, 0.25) is 0 Å². The fraction of sp³-hybridized carbons (Fsp3) is 1.00. The summed E-state index contributed by atoms with van der Waals surface area (Å²) in [6.45, 7) is 14.6. The van der Waals surface area contributed by atoms with Crippen molar-refractivity contribution in [2.75, 3.05) is 39.8 Å². The molecule has 0 amide bonds. The number of nitrogens with zero attached hydrogens (tertiary/aromatic N) is 1. The van der Waals surface area contributed by atoms with Crippen molar-refractivity contribution in [2.45, 2.75) is 40.5 Å². The molecule has 18 heavy (non-hydrogen) atoms. The van der Waals surface area contributed by atoms with E-state index in [4.69, 9.17) is 5.73 Å². The molecule has 0 saturated carbocycles. The van der Waals surface area contributed by atoms with Crippen LogP contribution >= 0.6 is 0 Å². The fourth-order valence-corrected chi connectivity index (χ4v) is 2.73. The molecular formula is C15H33N3. The summed E-state index contributed by atoms with van der Waals surface area (Å²) in [5.74, 6) is 0.849. The quantitative estimate of drug-likeness (QED) is 0.762. The van der Waals surface area contributed by atoms with E-state index in [0.717, 1.165) is 25.6 Å². The molecule has 0 unspecified atom stereocenters. The SMILES string of the molecule is CN1CCC(C(C)(C)CNCC(C)(C)CN)CC1. The summed E-state index contributed by atoms with van der Waals surface area (Å²) < 4.78 is 0. The maximum absolute atomic E-state index is 5.77. The van der Waals surface area contributed by atoms with E-state index in [0.29, 0.717) is 5.41 Å². The number of hydrogen-bond donors (Lipinski definition) is 2. The van der Waals surface area contributed by atoms with Crippen LogP contribution in [0.5, 0.6) is 0 Å². The van der Waals surface area contributed by atoms with Crippen LogP contribution in [0.4, 0.5) is 0 Å². The molecule has 0 aromatic rings. The second-order valence-corrected chi connectivity index (χ2v) is 7.54. The monoisotopic (exact) mass is 255 g/mol. The maximum Gasteiger partial charge on any atom is 0.00148 e. The summed E-state index contributed by atoms with van der Waals surface area (Å²) in [6.07, 6.45) is 2.68. The van der Waals surface area contributed by atoms with Gasteiger partial charge in [-0.25, -0.2) is 0 Å². The number of likely N-dealkylation sites (tertiary alicyclic amines) is 1. The van der Waals surface area contributed by atoms with Crippen molar-refractivity contribution < 1.29 is 0 Å². The van der Waals surface area contributed by atoms with Crippen LogP contribution in [0.2, 0.25) is 0 Å². The first-order valence-electron chi connectivity index (χ1n) is 7.36. The molecule has 1 heterocycles. The Kier molecular flexibility index (Phi) is 5.63. The van der Waals surface area contributed by atoms with Gasteiger partial charge in [0.25, 0.3) is 0 Å². The lowest BCUT2D eigenvalue weighted by molar-refractivity contribution is 0.110. The summed E-state index contributed by atoms with van der Waals surface area (Å²) in [4.78, 5) is 2.44. The Hall–Kier alpha value is -0.120. The van der Waals surface area contributed by atoms with Crippen molar-refractivity contribution in [1.82, 2.24) is 10.2 Å². The molecule has 3 N–H and O–H groups in total. The first kappa shape index (κ1) is 15.9. The zero-order valence-electron chi connectivity index (χ0n) is 13.1. The van der Waals surface area contributed by atoms with E-state index < -0.39 is 0 Å². The van der Waals surface area contributed by atoms with Crippen molar-refractivity contribution in [3.05, 3.63) is 0 Å². The van der Waals surface area contributed by atoms with Gasteiger partial charge in [-0.05, 0) is 56.3 Å². The normalized spacial score (nSPS) is 20.3. The van der Waals surface area contributed by atoms with Crippen molar-refractivity contribution in [3.63, 3.8) is 0 Å². The third kappa shape index (κ3) is 4.87. The molecule has 1 fully saturated rings. The van der Waals surface area contributed by atoms with Crippen molar-refractivity contribution in [1.29, 1.82) is 0 Å². The highest BCUT2D eigenvalue weighted by molar-refractivity contribution is 4.85. The van der Waals surface area contributed by atoms with Crippen molar-refractivity contribution >= 4 is 0 Å². The first-order valence-corrected chi connectivity index (χ1v) is 7.36. The fourth-order valence-electron chi connectivity index (χ4n) is 2.73. The highest BCUT2D eigenvalue weighted by Gasteiger charge is 2.31. The summed E-state index contributed by atoms with van der Waals surface area (Å²) in [7, 11) is 2.23. The largest absolute Gasteiger partial charge is 0.330 e. The van der Waals surface area contributed by atoms with Crippen molar-refractivity contribution in [3.8, 4) is 0 Å². The summed E-state index contributed by atoms with van der Waals surface area (Å²) in [6, 6.07) is 0. The molecule has 1 aliphatic heterocycles. The first-order chi connectivity index (χ1) is 8.27. The number of nitrogens with one attached hydrogen (secondary N) is 1. The van der Waals surface area contributed by atoms with Gasteiger partial charge < -0.3 is 16.0 Å². The zero-order valence-corrected chi connectivity index (χ0v) is 13.1. The molecule has 3 nitrogen and oxygen atoms in total. The Morgan fingerprint density at radius 1 is 1.11 bits per heavy atom. The second kappa shape index (κ2) is 6.36. The number of hydrogen-bond acceptors (Lipinski definition) is 3. The minimum Gasteiger partial charge on any atom is -0.330 e. The van der Waals surface area contributed by atoms with E-state index in [1.54, 1.807) is 0 Å². The van der Waals surface area contributed by atoms with Gasteiger partial charge in [0.1, 0.15) is 0 Å². The van der Waals surface area contributed by atoms with E-state index >= 15 is 0 Å². The Balaban J connectivity index is 2.35. The predicted molar refractivity (Wildman–Crippen MR) is 79.7 cm³/mol. The molecule has 0 spiro atoms. The van der Waals surface area contributed by atoms with Gasteiger partial charge in [-0.3, -0.25) is 0 Å². The lowest BCUT2D eigenvalue weighted by atomic mass is 9.73. The van der Waals surface area contributed by atoms with E-state index in [1.807, 2.05) is 0 Å². The van der Waals surface area contributed by atoms with Crippen LogP contribution in [0.25, 0.3) is 0 Å². The number of piperidine rings is 1. The molecule has 1 saturated heterocycles. The molecule has 0 radical (unpaired) electrons. The van der Waals surface area contributed by atoms with Gasteiger partial charge in [-0.15, -0.1) is 0 Å². The molecule has 0 aromatic heterocycles. The van der Waals surface area contributed by atoms with Gasteiger partial charge in [-0.2, -0.15) is 0 Å². The molecule has 0 aliphatic carbocycles. The smallest absolute Gasteiger partial charge is 0.00148 e. The van der Waals surface area contributed by atoms with Gasteiger partial charge in [0.15, 0.2) is 0 Å². The highest BCUT2D eigenvalue weighted by Crippen LogP contribution is 2.34. The molecule has 108 valence electrons. The Labute approximate surface area is 113 Å². The molecule has 3 heteroatoms. The standard InChI is InChI=1S/C15H33N3/c1-14(2,10-16)11-17-12-15(3,4)13-6-8-18(5)9-7-13/h13,17H,6-12,16H2,1-5H3. The highest BCUT2D eigenvalue weighted by atomic mass is 15.1. The van der Waals surface area contributed by atoms with Gasteiger partial charge in [0, 0.05) is 13.1 Å². The summed E-state index contributed by atoms with van der Waals surface area (Å²) in [5, 5.41) is 3.63. The molecular weight excluding hydrogens is 222 g/mol. The molecule has 0 atom stereocenters. The Bertz CT molecular complexity index is 240. The Morgan fingerprint density at radius 2 is 1.67 bits per heavy atom. The lowest BCUT2D eigenvalue weighted by Crippen LogP contribution is -2.44. The maximum atomic E-state index is 5.77. The minimum atomic E-state index is 0.211. The third-order valence-electron chi connectivity index (χ3n) is 4.56. The zero-order chi connectivity index (χ0) is 13.8. The second-order valence-electron chi connectivity index (χ2n) is 7.54. The lowest BCUT2D eigenvalue weighted by Gasteiger charge is -2.40. The van der Waals surface area contributed by atoms with E-state index in [9.17, 15) is 0 Å². The minimum absolute atomic E-state index is 0.211. The summed E-state index contributed by atoms with van der Waals surface area (Å²) >= 11 is 0. The van der Waals surface area contributed by atoms with E-state index in [-0.39, 0.29) is 5.41 Å². The molecule has 1 rings (SSSR count). The Morgan fingerprint density at radius 3 is 2.17 bits per heavy atom. The average molecular weight is 255 g/mol. The van der Waals surface area contributed by atoms with Crippen LogP contribution < -0.4 is 11.1 Å². The van der Waals surface area contributed by atoms with Crippen LogP contribution in [0.3, 0.4) is 0 Å². The topological polar surface area (TPSA) is 41.3 Å². The van der Waals surface area contributed by atoms with E-state index in [2.05, 4.69) is 45.0 Å². The summed E-state index contributed by atoms with van der Waals surface area (Å²) in [5.41, 5.74) is 6.37. The average Bonchev–Trinajstić information content (AvgIpc) is 2.29. The van der Waals surface area contributed by atoms with Crippen LogP contribution in [-0.4, -0.2) is 44.7 Å². The van der Waals surface area contributed by atoms with Crippen LogP contribution in [0.1, 0.15) is 40.5 Å². The van der Waals surface area contributed by atoms with Crippen LogP contribution in [0.15, 0.2) is 0 Å². The van der Waals surface area contributed by atoms with Gasteiger partial charge in [-0.1, -0.05) is 27.7 Å². The molecule has 0 bridgehead atoms. The van der Waals surface area contributed by atoms with Crippen LogP contribution in [-0.2, 0) is 0 Å². The molecule has 1 aliphatic rings. The molecule has 0 aromatic carbocycles. The number of nitrogens with two attached hydrogens (primary N) is 1. The van der Waals surface area contributed by atoms with E-state index in [1.165, 1.54) is 25.9 Å². The predicted octanol–water partition coefficient (Wildman–Crippen LogP) is 1.93. The van der Waals surface area contributed by atoms with Gasteiger partial charge in [0.05, 0.1) is 0 Å². The third-order valence-corrected chi connectivity index (χ3v) is 4.56. The van der Waals surface area contributed by atoms with Crippen LogP contribution in [0, 0.1) is 16.7 Å². The van der Waals surface area contributed by atoms with Crippen molar-refractivity contribution in [2.24, 2.45) is 22.5 Å².